The molecular formula is C14H18N4O2. The van der Waals surface area contributed by atoms with Crippen LogP contribution in [0.2, 0.25) is 0 Å². The average molecular weight is 274 g/mol. The maximum atomic E-state index is 12.5. The van der Waals surface area contributed by atoms with E-state index in [0.29, 0.717) is 25.1 Å². The van der Waals surface area contributed by atoms with Gasteiger partial charge in [0.25, 0.3) is 5.91 Å². The maximum absolute atomic E-state index is 12.5. The highest BCUT2D eigenvalue weighted by atomic mass is 16.2. The number of aryl methyl sites for hydroxylation is 1. The minimum atomic E-state index is -0.127. The number of fused-ring (bicyclic) bond motifs is 1. The number of amides is 2. The summed E-state index contributed by atoms with van der Waals surface area (Å²) in [4.78, 5) is 25.5. The van der Waals surface area contributed by atoms with Crippen LogP contribution < -0.4 is 5.43 Å². The van der Waals surface area contributed by atoms with Crippen LogP contribution in [0.1, 0.15) is 37.2 Å². The van der Waals surface area contributed by atoms with E-state index < -0.39 is 0 Å². The number of aromatic nitrogens is 1. The van der Waals surface area contributed by atoms with Crippen molar-refractivity contribution in [2.75, 3.05) is 6.54 Å². The van der Waals surface area contributed by atoms with Crippen LogP contribution in [0.15, 0.2) is 17.2 Å². The molecule has 6 nitrogen and oxygen atoms in total. The van der Waals surface area contributed by atoms with Gasteiger partial charge in [-0.2, -0.15) is 5.10 Å². The molecule has 1 atom stereocenters. The molecule has 2 amide bonds. The molecule has 20 heavy (non-hydrogen) atoms. The van der Waals surface area contributed by atoms with Crippen molar-refractivity contribution >= 4 is 17.5 Å². The number of nitrogens with zero attached hydrogens (tertiary/aromatic N) is 3. The molecule has 1 aromatic heterocycles. The van der Waals surface area contributed by atoms with E-state index >= 15 is 0 Å². The fourth-order valence-electron chi connectivity index (χ4n) is 2.89. The van der Waals surface area contributed by atoms with Gasteiger partial charge in [0.15, 0.2) is 0 Å². The van der Waals surface area contributed by atoms with Crippen LogP contribution in [-0.4, -0.2) is 33.5 Å². The molecule has 0 spiro atoms. The molecule has 2 aliphatic rings. The third-order valence-corrected chi connectivity index (χ3v) is 4.10. The van der Waals surface area contributed by atoms with Gasteiger partial charge in [-0.1, -0.05) is 0 Å². The Morgan fingerprint density at radius 2 is 2.15 bits per heavy atom. The van der Waals surface area contributed by atoms with Crippen molar-refractivity contribution < 1.29 is 9.59 Å². The van der Waals surface area contributed by atoms with Gasteiger partial charge in [0, 0.05) is 37.3 Å². The SMILES string of the molecule is Cc1ccc2n1CCN(C(=O)C1=NNC(=O)CC1)C2C. The van der Waals surface area contributed by atoms with Gasteiger partial charge in [-0.3, -0.25) is 9.59 Å². The Bertz CT molecular complexity index is 602. The molecule has 0 saturated heterocycles. The van der Waals surface area contributed by atoms with Crippen LogP contribution in [0.4, 0.5) is 0 Å². The second kappa shape index (κ2) is 4.77. The van der Waals surface area contributed by atoms with Crippen LogP contribution in [0.25, 0.3) is 0 Å². The molecule has 1 aromatic rings. The summed E-state index contributed by atoms with van der Waals surface area (Å²) in [6, 6.07) is 4.19. The van der Waals surface area contributed by atoms with E-state index in [1.165, 1.54) is 5.69 Å². The van der Waals surface area contributed by atoms with Gasteiger partial charge in [-0.05, 0) is 26.0 Å². The molecule has 2 aliphatic heterocycles. The van der Waals surface area contributed by atoms with Crippen molar-refractivity contribution in [3.05, 3.63) is 23.5 Å². The van der Waals surface area contributed by atoms with Gasteiger partial charge in [0.1, 0.15) is 5.71 Å². The van der Waals surface area contributed by atoms with Gasteiger partial charge >= 0.3 is 0 Å². The van der Waals surface area contributed by atoms with E-state index in [1.807, 2.05) is 11.8 Å². The molecule has 106 valence electrons. The Morgan fingerprint density at radius 1 is 1.35 bits per heavy atom. The third kappa shape index (κ3) is 2.01. The van der Waals surface area contributed by atoms with Gasteiger partial charge in [-0.15, -0.1) is 0 Å². The van der Waals surface area contributed by atoms with Crippen molar-refractivity contribution in [3.8, 4) is 0 Å². The molecule has 3 heterocycles. The summed E-state index contributed by atoms with van der Waals surface area (Å²) in [7, 11) is 0. The van der Waals surface area contributed by atoms with Crippen LogP contribution >= 0.6 is 0 Å². The lowest BCUT2D eigenvalue weighted by Crippen LogP contribution is -2.45. The highest BCUT2D eigenvalue weighted by Crippen LogP contribution is 2.27. The van der Waals surface area contributed by atoms with Crippen LogP contribution in [0.3, 0.4) is 0 Å². The third-order valence-electron chi connectivity index (χ3n) is 4.10. The first-order chi connectivity index (χ1) is 9.58. The molecule has 0 aromatic carbocycles. The summed E-state index contributed by atoms with van der Waals surface area (Å²) >= 11 is 0. The van der Waals surface area contributed by atoms with E-state index in [9.17, 15) is 9.59 Å². The minimum absolute atomic E-state index is 0.0327. The molecule has 1 N–H and O–H groups in total. The first kappa shape index (κ1) is 12.9. The quantitative estimate of drug-likeness (QED) is 0.829. The molecule has 0 radical (unpaired) electrons. The highest BCUT2D eigenvalue weighted by molar-refractivity contribution is 6.39. The van der Waals surface area contributed by atoms with E-state index in [-0.39, 0.29) is 17.9 Å². The Labute approximate surface area is 117 Å². The van der Waals surface area contributed by atoms with Gasteiger partial charge in [-0.25, -0.2) is 5.43 Å². The number of carbonyl (C=O) groups excluding carboxylic acids is 2. The van der Waals surface area contributed by atoms with E-state index in [0.717, 1.165) is 12.2 Å². The number of hydrogen-bond acceptors (Lipinski definition) is 3. The smallest absolute Gasteiger partial charge is 0.270 e. The largest absolute Gasteiger partial charge is 0.345 e. The number of nitrogens with one attached hydrogen (secondary N) is 1. The van der Waals surface area contributed by atoms with E-state index in [1.54, 1.807) is 0 Å². The van der Waals surface area contributed by atoms with Crippen LogP contribution in [0.5, 0.6) is 0 Å². The Hall–Kier alpha value is -2.11. The Kier molecular flexibility index (Phi) is 3.08. The predicted octanol–water partition coefficient (Wildman–Crippen LogP) is 0.966. The summed E-state index contributed by atoms with van der Waals surface area (Å²) in [5, 5.41) is 3.90. The highest BCUT2D eigenvalue weighted by Gasteiger charge is 2.31. The lowest BCUT2D eigenvalue weighted by molar-refractivity contribution is -0.127. The number of hydrogen-bond donors (Lipinski definition) is 1. The zero-order chi connectivity index (χ0) is 14.3. The standard InChI is InChI=1S/C14H18N4O2/c1-9-3-5-12-10(2)18(8-7-17(9)12)14(20)11-4-6-13(19)16-15-11/h3,5,10H,4,6-8H2,1-2H3,(H,16,19). The number of hydrazone groups is 1. The topological polar surface area (TPSA) is 66.7 Å². The fraction of sp³-hybridized carbons (Fsp3) is 0.500. The zero-order valence-electron chi connectivity index (χ0n) is 11.7. The summed E-state index contributed by atoms with van der Waals surface area (Å²) in [6.07, 6.45) is 0.760. The van der Waals surface area contributed by atoms with E-state index in [2.05, 4.69) is 34.2 Å². The lowest BCUT2D eigenvalue weighted by atomic mass is 10.1. The van der Waals surface area contributed by atoms with Crippen molar-refractivity contribution in [1.29, 1.82) is 0 Å². The Balaban J connectivity index is 1.82. The predicted molar refractivity (Wildman–Crippen MR) is 74.1 cm³/mol. The van der Waals surface area contributed by atoms with Crippen molar-refractivity contribution in [2.24, 2.45) is 5.10 Å². The first-order valence-corrected chi connectivity index (χ1v) is 6.90. The number of rotatable bonds is 1. The first-order valence-electron chi connectivity index (χ1n) is 6.90. The second-order valence-corrected chi connectivity index (χ2v) is 5.32. The molecule has 0 saturated carbocycles. The zero-order valence-corrected chi connectivity index (χ0v) is 11.7. The normalized spacial score (nSPS) is 22.1. The van der Waals surface area contributed by atoms with Gasteiger partial charge in [0.2, 0.25) is 5.91 Å². The summed E-state index contributed by atoms with van der Waals surface area (Å²) < 4.78 is 2.25. The second-order valence-electron chi connectivity index (χ2n) is 5.32. The fourth-order valence-corrected chi connectivity index (χ4v) is 2.89. The monoisotopic (exact) mass is 274 g/mol. The molecule has 1 unspecified atom stereocenters. The molecule has 0 fully saturated rings. The van der Waals surface area contributed by atoms with Crippen molar-refractivity contribution in [2.45, 2.75) is 39.3 Å². The minimum Gasteiger partial charge on any atom is -0.345 e. The molecular weight excluding hydrogens is 256 g/mol. The van der Waals surface area contributed by atoms with E-state index in [4.69, 9.17) is 0 Å². The molecule has 0 bridgehead atoms. The van der Waals surface area contributed by atoms with Crippen molar-refractivity contribution in [1.82, 2.24) is 14.9 Å². The van der Waals surface area contributed by atoms with Gasteiger partial charge < -0.3 is 9.47 Å². The average Bonchev–Trinajstić information content (AvgIpc) is 2.82. The maximum Gasteiger partial charge on any atom is 0.270 e. The lowest BCUT2D eigenvalue weighted by Gasteiger charge is -2.36. The molecule has 0 aliphatic carbocycles. The summed E-state index contributed by atoms with van der Waals surface area (Å²) in [5.74, 6) is -0.194. The van der Waals surface area contributed by atoms with Crippen LogP contribution in [0, 0.1) is 6.92 Å². The van der Waals surface area contributed by atoms with Crippen LogP contribution in [-0.2, 0) is 16.1 Å². The summed E-state index contributed by atoms with van der Waals surface area (Å²) in [6.45, 7) is 5.60. The van der Waals surface area contributed by atoms with Gasteiger partial charge in [0.05, 0.1) is 6.04 Å². The molecule has 3 rings (SSSR count). The summed E-state index contributed by atoms with van der Waals surface area (Å²) in [5.41, 5.74) is 5.22. The van der Waals surface area contributed by atoms with Crippen molar-refractivity contribution in [3.63, 3.8) is 0 Å². The molecule has 6 heteroatoms. The number of carbonyl (C=O) groups is 2. The Morgan fingerprint density at radius 3 is 2.85 bits per heavy atom.